The largest absolute Gasteiger partial charge is 0.707 e. The monoisotopic (exact) mass is 277 g/mol. The van der Waals surface area contributed by atoms with Crippen molar-refractivity contribution in [3.8, 4) is 5.75 Å². The Hall–Kier alpha value is -1.53. The first-order chi connectivity index (χ1) is 9.35. The zero-order valence-electron chi connectivity index (χ0n) is 12.0. The standard InChI is InChI=1S/C14H20BNO4/c1-10(13-16-14(2,3)9-19-13)8-11-4-6-12(7-5-11)20-15(17)18/h4-7,10,17-18H,8-9H2,1-3H3. The van der Waals surface area contributed by atoms with Gasteiger partial charge in [0.1, 0.15) is 12.4 Å². The first-order valence-corrected chi connectivity index (χ1v) is 6.70. The molecule has 1 aliphatic heterocycles. The van der Waals surface area contributed by atoms with Crippen LogP contribution in [-0.2, 0) is 11.2 Å². The molecule has 0 radical (unpaired) electrons. The predicted octanol–water partition coefficient (Wildman–Crippen LogP) is 1.42. The molecule has 0 amide bonds. The first-order valence-electron chi connectivity index (χ1n) is 6.70. The lowest BCUT2D eigenvalue weighted by Crippen LogP contribution is -2.20. The molecule has 20 heavy (non-hydrogen) atoms. The summed E-state index contributed by atoms with van der Waals surface area (Å²) >= 11 is 0. The number of nitrogens with zero attached hydrogens (tertiary/aromatic N) is 1. The van der Waals surface area contributed by atoms with Crippen molar-refractivity contribution in [2.45, 2.75) is 32.7 Å². The second kappa shape index (κ2) is 5.85. The van der Waals surface area contributed by atoms with Crippen LogP contribution in [0.5, 0.6) is 5.75 Å². The zero-order chi connectivity index (χ0) is 14.8. The molecule has 2 N–H and O–H groups in total. The molecule has 1 aromatic carbocycles. The van der Waals surface area contributed by atoms with Crippen molar-refractivity contribution in [1.82, 2.24) is 0 Å². The summed E-state index contributed by atoms with van der Waals surface area (Å²) in [4.78, 5) is 4.58. The van der Waals surface area contributed by atoms with Gasteiger partial charge in [0.25, 0.3) is 0 Å². The first kappa shape index (κ1) is 14.9. The molecule has 0 bridgehead atoms. The van der Waals surface area contributed by atoms with Crippen LogP contribution in [0.4, 0.5) is 0 Å². The lowest BCUT2D eigenvalue weighted by Gasteiger charge is -2.12. The molecule has 1 aliphatic rings. The van der Waals surface area contributed by atoms with Crippen molar-refractivity contribution in [3.63, 3.8) is 0 Å². The molecule has 1 heterocycles. The Morgan fingerprint density at radius 2 is 2.00 bits per heavy atom. The van der Waals surface area contributed by atoms with Crippen molar-refractivity contribution in [3.05, 3.63) is 29.8 Å². The number of aliphatic imine (C=N–C) groups is 1. The molecule has 0 saturated carbocycles. The van der Waals surface area contributed by atoms with Gasteiger partial charge in [-0.05, 0) is 38.0 Å². The Morgan fingerprint density at radius 3 is 2.50 bits per heavy atom. The molecule has 0 fully saturated rings. The van der Waals surface area contributed by atoms with E-state index in [1.54, 1.807) is 12.1 Å². The highest BCUT2D eigenvalue weighted by molar-refractivity contribution is 6.33. The van der Waals surface area contributed by atoms with Crippen molar-refractivity contribution in [2.75, 3.05) is 6.61 Å². The summed E-state index contributed by atoms with van der Waals surface area (Å²) in [5.74, 6) is 1.44. The fourth-order valence-corrected chi connectivity index (χ4v) is 2.13. The molecular formula is C14H20BNO4. The average molecular weight is 277 g/mol. The Morgan fingerprint density at radius 1 is 1.35 bits per heavy atom. The van der Waals surface area contributed by atoms with E-state index in [0.717, 1.165) is 17.9 Å². The van der Waals surface area contributed by atoms with Gasteiger partial charge >= 0.3 is 7.32 Å². The van der Waals surface area contributed by atoms with Crippen LogP contribution in [0, 0.1) is 5.92 Å². The maximum absolute atomic E-state index is 8.71. The summed E-state index contributed by atoms with van der Waals surface area (Å²) in [6.45, 7) is 6.83. The molecule has 2 rings (SSSR count). The van der Waals surface area contributed by atoms with Gasteiger partial charge in [-0.25, -0.2) is 4.99 Å². The number of ether oxygens (including phenoxy) is 1. The number of benzene rings is 1. The highest BCUT2D eigenvalue weighted by Crippen LogP contribution is 2.23. The van der Waals surface area contributed by atoms with Crippen LogP contribution in [-0.4, -0.2) is 35.4 Å². The van der Waals surface area contributed by atoms with Gasteiger partial charge in [-0.2, -0.15) is 0 Å². The Balaban J connectivity index is 1.96. The topological polar surface area (TPSA) is 71.3 Å². The summed E-state index contributed by atoms with van der Waals surface area (Å²) in [5.41, 5.74) is 0.992. The summed E-state index contributed by atoms with van der Waals surface area (Å²) in [6, 6.07) is 7.22. The molecule has 108 valence electrons. The van der Waals surface area contributed by atoms with Crippen molar-refractivity contribution in [1.29, 1.82) is 0 Å². The van der Waals surface area contributed by atoms with Crippen molar-refractivity contribution in [2.24, 2.45) is 10.9 Å². The number of hydrogen-bond donors (Lipinski definition) is 2. The lowest BCUT2D eigenvalue weighted by atomic mass is 10.0. The number of rotatable bonds is 5. The van der Waals surface area contributed by atoms with Gasteiger partial charge in [0.2, 0.25) is 0 Å². The highest BCUT2D eigenvalue weighted by Gasteiger charge is 2.29. The summed E-state index contributed by atoms with van der Waals surface area (Å²) in [5, 5.41) is 17.4. The minimum absolute atomic E-state index is 0.126. The van der Waals surface area contributed by atoms with E-state index in [2.05, 4.69) is 25.8 Å². The van der Waals surface area contributed by atoms with Gasteiger partial charge in [0.05, 0.1) is 5.54 Å². The van der Waals surface area contributed by atoms with E-state index in [0.29, 0.717) is 12.4 Å². The van der Waals surface area contributed by atoms with Crippen LogP contribution < -0.4 is 4.65 Å². The molecule has 6 heteroatoms. The van der Waals surface area contributed by atoms with Gasteiger partial charge < -0.3 is 19.4 Å². The Kier molecular flexibility index (Phi) is 4.35. The maximum atomic E-state index is 8.71. The molecule has 0 saturated heterocycles. The third kappa shape index (κ3) is 3.98. The van der Waals surface area contributed by atoms with Gasteiger partial charge in [0.15, 0.2) is 5.90 Å². The third-order valence-corrected chi connectivity index (χ3v) is 3.11. The maximum Gasteiger partial charge on any atom is 0.707 e. The van der Waals surface area contributed by atoms with E-state index in [1.807, 2.05) is 12.1 Å². The van der Waals surface area contributed by atoms with Gasteiger partial charge in [-0.3, -0.25) is 0 Å². The molecular weight excluding hydrogens is 257 g/mol. The van der Waals surface area contributed by atoms with Crippen LogP contribution in [0.1, 0.15) is 26.3 Å². The molecule has 0 spiro atoms. The second-order valence-corrected chi connectivity index (χ2v) is 5.74. The predicted molar refractivity (Wildman–Crippen MR) is 77.6 cm³/mol. The average Bonchev–Trinajstić information content (AvgIpc) is 2.72. The van der Waals surface area contributed by atoms with E-state index in [-0.39, 0.29) is 11.5 Å². The smallest absolute Gasteiger partial charge is 0.512 e. The van der Waals surface area contributed by atoms with Crippen LogP contribution in [0.15, 0.2) is 29.3 Å². The van der Waals surface area contributed by atoms with E-state index < -0.39 is 7.32 Å². The van der Waals surface area contributed by atoms with E-state index in [9.17, 15) is 0 Å². The Labute approximate surface area is 119 Å². The fraction of sp³-hybridized carbons (Fsp3) is 0.500. The molecule has 5 nitrogen and oxygen atoms in total. The highest BCUT2D eigenvalue weighted by atomic mass is 16.6. The van der Waals surface area contributed by atoms with E-state index >= 15 is 0 Å². The van der Waals surface area contributed by atoms with Gasteiger partial charge in [0, 0.05) is 5.92 Å². The van der Waals surface area contributed by atoms with Gasteiger partial charge in [-0.15, -0.1) is 0 Å². The quantitative estimate of drug-likeness (QED) is 0.798. The van der Waals surface area contributed by atoms with Crippen molar-refractivity contribution >= 4 is 13.2 Å². The normalized spacial score (nSPS) is 18.1. The minimum Gasteiger partial charge on any atom is -0.512 e. The minimum atomic E-state index is -1.79. The van der Waals surface area contributed by atoms with Crippen LogP contribution in [0.3, 0.4) is 0 Å². The summed E-state index contributed by atoms with van der Waals surface area (Å²) in [6.07, 6.45) is 0.816. The molecule has 1 atom stereocenters. The Bertz CT molecular complexity index is 484. The van der Waals surface area contributed by atoms with E-state index in [1.165, 1.54) is 0 Å². The summed E-state index contributed by atoms with van der Waals surface area (Å²) in [7, 11) is -1.79. The fourth-order valence-electron chi connectivity index (χ4n) is 2.13. The SMILES string of the molecule is CC(Cc1ccc(OB(O)O)cc1)C1=NC(C)(C)CO1. The summed E-state index contributed by atoms with van der Waals surface area (Å²) < 4.78 is 10.4. The molecule has 0 aliphatic carbocycles. The van der Waals surface area contributed by atoms with Crippen LogP contribution >= 0.6 is 0 Å². The molecule has 1 unspecified atom stereocenters. The van der Waals surface area contributed by atoms with Crippen molar-refractivity contribution < 1.29 is 19.4 Å². The molecule has 0 aromatic heterocycles. The molecule has 1 aromatic rings. The van der Waals surface area contributed by atoms with E-state index in [4.69, 9.17) is 19.4 Å². The second-order valence-electron chi connectivity index (χ2n) is 5.74. The van der Waals surface area contributed by atoms with Crippen LogP contribution in [0.25, 0.3) is 0 Å². The zero-order valence-corrected chi connectivity index (χ0v) is 12.0. The lowest BCUT2D eigenvalue weighted by molar-refractivity contribution is 0.266. The number of hydrogen-bond acceptors (Lipinski definition) is 5. The van der Waals surface area contributed by atoms with Crippen LogP contribution in [0.2, 0.25) is 0 Å². The van der Waals surface area contributed by atoms with Gasteiger partial charge in [-0.1, -0.05) is 19.1 Å². The third-order valence-electron chi connectivity index (χ3n) is 3.11.